The largest absolute Gasteiger partial charge is 0.478 e. The maximum atomic E-state index is 12.9. The van der Waals surface area contributed by atoms with Gasteiger partial charge in [-0.15, -0.1) is 0 Å². The van der Waals surface area contributed by atoms with E-state index in [-0.39, 0.29) is 5.56 Å². The molecule has 1 N–H and O–H groups in total. The summed E-state index contributed by atoms with van der Waals surface area (Å²) in [4.78, 5) is 11.3. The highest BCUT2D eigenvalue weighted by Gasteiger charge is 2.36. The van der Waals surface area contributed by atoms with Crippen molar-refractivity contribution < 1.29 is 41.0 Å². The highest BCUT2D eigenvalue weighted by atomic mass is 19.4. The van der Waals surface area contributed by atoms with E-state index in [4.69, 9.17) is 4.74 Å². The number of benzene rings is 2. The van der Waals surface area contributed by atoms with Gasteiger partial charge in [-0.05, 0) is 24.3 Å². The van der Waals surface area contributed by atoms with E-state index in [1.54, 1.807) is 0 Å². The number of para-hydroxylation sites is 1. The summed E-state index contributed by atoms with van der Waals surface area (Å²) in [6.45, 7) is 0. The molecule has 0 radical (unpaired) electrons. The number of carbonyl (C=O) groups is 1. The van der Waals surface area contributed by atoms with Gasteiger partial charge >= 0.3 is 18.3 Å². The number of hydrogen-bond acceptors (Lipinski definition) is 2. The Hall–Kier alpha value is -2.71. The fraction of sp³-hybridized carbons (Fsp3) is 0.188. The number of ether oxygens (including phenoxy) is 1. The Kier molecular flexibility index (Phi) is 4.96. The molecular weight excluding hydrogens is 354 g/mol. The Labute approximate surface area is 137 Å². The quantitative estimate of drug-likeness (QED) is 0.783. The second kappa shape index (κ2) is 6.66. The van der Waals surface area contributed by atoms with Crippen molar-refractivity contribution in [2.45, 2.75) is 18.5 Å². The van der Waals surface area contributed by atoms with Gasteiger partial charge in [0.25, 0.3) is 0 Å². The van der Waals surface area contributed by atoms with E-state index in [2.05, 4.69) is 0 Å². The molecule has 25 heavy (non-hydrogen) atoms. The first kappa shape index (κ1) is 18.6. The van der Waals surface area contributed by atoms with Gasteiger partial charge < -0.3 is 9.84 Å². The monoisotopic (exact) mass is 364 g/mol. The van der Waals surface area contributed by atoms with Crippen LogP contribution in [0.4, 0.5) is 26.3 Å². The van der Waals surface area contributed by atoms with Crippen LogP contribution >= 0.6 is 0 Å². The summed E-state index contributed by atoms with van der Waals surface area (Å²) >= 11 is 0. The van der Waals surface area contributed by atoms with Crippen molar-refractivity contribution in [1.29, 1.82) is 0 Å². The molecule has 2 rings (SSSR count). The van der Waals surface area contributed by atoms with Crippen LogP contribution in [0.2, 0.25) is 0 Å². The molecule has 3 nitrogen and oxygen atoms in total. The van der Waals surface area contributed by atoms with E-state index in [0.29, 0.717) is 18.2 Å². The van der Waals surface area contributed by atoms with Crippen molar-refractivity contribution in [1.82, 2.24) is 0 Å². The van der Waals surface area contributed by atoms with Crippen LogP contribution in [0.3, 0.4) is 0 Å². The van der Waals surface area contributed by atoms with Crippen molar-refractivity contribution in [3.05, 3.63) is 65.2 Å². The van der Waals surface area contributed by atoms with E-state index in [1.165, 1.54) is 6.07 Å². The van der Waals surface area contributed by atoms with Gasteiger partial charge in [0.15, 0.2) is 0 Å². The lowest BCUT2D eigenvalue weighted by Gasteiger charge is -2.19. The van der Waals surface area contributed by atoms with Gasteiger partial charge in [-0.3, -0.25) is 0 Å². The van der Waals surface area contributed by atoms with Crippen molar-refractivity contribution in [3.63, 3.8) is 0 Å². The molecule has 0 aliphatic carbocycles. The van der Waals surface area contributed by atoms with Gasteiger partial charge in [0.2, 0.25) is 6.10 Å². The molecule has 0 aliphatic heterocycles. The van der Waals surface area contributed by atoms with Crippen LogP contribution in [0.25, 0.3) is 0 Å². The summed E-state index contributed by atoms with van der Waals surface area (Å²) in [5.41, 5.74) is -2.43. The average molecular weight is 364 g/mol. The minimum absolute atomic E-state index is 0.225. The molecule has 0 fully saturated rings. The topological polar surface area (TPSA) is 46.5 Å². The zero-order valence-electron chi connectivity index (χ0n) is 12.2. The molecule has 0 saturated carbocycles. The first-order chi connectivity index (χ1) is 11.5. The van der Waals surface area contributed by atoms with Crippen LogP contribution in [0.15, 0.2) is 48.5 Å². The van der Waals surface area contributed by atoms with Crippen molar-refractivity contribution in [2.24, 2.45) is 0 Å². The third-order valence-corrected chi connectivity index (χ3v) is 3.20. The summed E-state index contributed by atoms with van der Waals surface area (Å²) in [6.07, 6.45) is -11.3. The summed E-state index contributed by atoms with van der Waals surface area (Å²) in [7, 11) is 0. The normalized spacial score (nSPS) is 13.4. The zero-order chi connectivity index (χ0) is 18.8. The van der Waals surface area contributed by atoms with Gasteiger partial charge in [0.1, 0.15) is 5.75 Å². The van der Waals surface area contributed by atoms with Crippen molar-refractivity contribution in [3.8, 4) is 5.75 Å². The van der Waals surface area contributed by atoms with Crippen LogP contribution in [0, 0.1) is 0 Å². The predicted molar refractivity (Wildman–Crippen MR) is 73.9 cm³/mol. The first-order valence-corrected chi connectivity index (χ1v) is 6.73. The van der Waals surface area contributed by atoms with Gasteiger partial charge in [0, 0.05) is 5.56 Å². The maximum Gasteiger partial charge on any atom is 0.419 e. The number of hydrogen-bond donors (Lipinski definition) is 1. The maximum absolute atomic E-state index is 12.9. The third-order valence-electron chi connectivity index (χ3n) is 3.20. The van der Waals surface area contributed by atoms with E-state index in [0.717, 1.165) is 24.3 Å². The molecule has 0 amide bonds. The standard InChI is InChI=1S/C16H10F6O3/c17-15(18,19)10-7-5-9(6-8-10)13(14(23)24)25-12-4-2-1-3-11(12)16(20,21)22/h1-8,13H,(H,23,24). The first-order valence-electron chi connectivity index (χ1n) is 6.73. The number of rotatable bonds is 4. The van der Waals surface area contributed by atoms with Crippen molar-refractivity contribution >= 4 is 5.97 Å². The van der Waals surface area contributed by atoms with Crippen LogP contribution in [-0.4, -0.2) is 11.1 Å². The molecule has 1 atom stereocenters. The minimum atomic E-state index is -4.78. The summed E-state index contributed by atoms with van der Waals surface area (Å²) in [5, 5.41) is 9.18. The van der Waals surface area contributed by atoms with Gasteiger partial charge in [0.05, 0.1) is 11.1 Å². The van der Waals surface area contributed by atoms with Crippen molar-refractivity contribution in [2.75, 3.05) is 0 Å². The fourth-order valence-electron chi connectivity index (χ4n) is 2.04. The lowest BCUT2D eigenvalue weighted by atomic mass is 10.1. The zero-order valence-corrected chi connectivity index (χ0v) is 12.2. The molecule has 0 heterocycles. The molecule has 0 saturated heterocycles. The van der Waals surface area contributed by atoms with Crippen LogP contribution in [0.5, 0.6) is 5.75 Å². The Balaban J connectivity index is 2.37. The number of carboxylic acids is 1. The molecule has 0 spiro atoms. The SMILES string of the molecule is O=C(O)C(Oc1ccccc1C(F)(F)F)c1ccc(C(F)(F)F)cc1. The highest BCUT2D eigenvalue weighted by molar-refractivity contribution is 5.75. The second-order valence-electron chi connectivity index (χ2n) is 4.95. The summed E-state index contributed by atoms with van der Waals surface area (Å²) in [6, 6.07) is 6.91. The minimum Gasteiger partial charge on any atom is -0.478 e. The molecule has 0 bridgehead atoms. The Morgan fingerprint density at radius 1 is 0.880 bits per heavy atom. The smallest absolute Gasteiger partial charge is 0.419 e. The van der Waals surface area contributed by atoms with Crippen LogP contribution < -0.4 is 4.74 Å². The molecule has 0 aliphatic rings. The molecular formula is C16H10F6O3. The van der Waals surface area contributed by atoms with E-state index in [1.807, 2.05) is 0 Å². The van der Waals surface area contributed by atoms with Crippen LogP contribution in [0.1, 0.15) is 22.8 Å². The third kappa shape index (κ3) is 4.43. The number of halogens is 6. The Morgan fingerprint density at radius 2 is 1.44 bits per heavy atom. The Morgan fingerprint density at radius 3 is 1.92 bits per heavy atom. The van der Waals surface area contributed by atoms with E-state index < -0.39 is 41.3 Å². The molecule has 1 unspecified atom stereocenters. The van der Waals surface area contributed by atoms with E-state index >= 15 is 0 Å². The average Bonchev–Trinajstić information content (AvgIpc) is 2.51. The molecule has 0 aromatic heterocycles. The number of aliphatic carboxylic acids is 1. The lowest BCUT2D eigenvalue weighted by molar-refractivity contribution is -0.148. The molecule has 2 aromatic rings. The fourth-order valence-corrected chi connectivity index (χ4v) is 2.04. The highest BCUT2D eigenvalue weighted by Crippen LogP contribution is 2.38. The molecule has 2 aromatic carbocycles. The van der Waals surface area contributed by atoms with E-state index in [9.17, 15) is 36.2 Å². The predicted octanol–water partition coefficient (Wildman–Crippen LogP) is 4.93. The molecule has 9 heteroatoms. The number of carboxylic acid groups (broad SMARTS) is 1. The molecule has 134 valence electrons. The van der Waals surface area contributed by atoms with Crippen LogP contribution in [-0.2, 0) is 17.1 Å². The Bertz CT molecular complexity index is 750. The summed E-state index contributed by atoms with van der Waals surface area (Å²) < 4.78 is 81.4. The second-order valence-corrected chi connectivity index (χ2v) is 4.95. The van der Waals surface area contributed by atoms with Gasteiger partial charge in [-0.25, -0.2) is 4.79 Å². The summed E-state index contributed by atoms with van der Waals surface area (Å²) in [5.74, 6) is -2.38. The van der Waals surface area contributed by atoms with Gasteiger partial charge in [-0.2, -0.15) is 26.3 Å². The number of alkyl halides is 6. The lowest BCUT2D eigenvalue weighted by Crippen LogP contribution is -2.20. The van der Waals surface area contributed by atoms with Gasteiger partial charge in [-0.1, -0.05) is 24.3 Å².